The second-order valence-electron chi connectivity index (χ2n) is 8.91. The van der Waals surface area contributed by atoms with Crippen molar-refractivity contribution in [3.8, 4) is 0 Å². The van der Waals surface area contributed by atoms with Crippen LogP contribution in [0, 0.1) is 10.1 Å². The van der Waals surface area contributed by atoms with Gasteiger partial charge in [-0.15, -0.1) is 0 Å². The Morgan fingerprint density at radius 2 is 1.44 bits per heavy atom. The molecule has 2 saturated heterocycles. The molecule has 5 unspecified atom stereocenters. The van der Waals surface area contributed by atoms with Gasteiger partial charge >= 0.3 is 0 Å². The van der Waals surface area contributed by atoms with Gasteiger partial charge < -0.3 is 0 Å². The van der Waals surface area contributed by atoms with Gasteiger partial charge in [-0.3, -0.25) is 19.9 Å². The van der Waals surface area contributed by atoms with E-state index in [-0.39, 0.29) is 29.0 Å². The van der Waals surface area contributed by atoms with Gasteiger partial charge in [0.15, 0.2) is 0 Å². The van der Waals surface area contributed by atoms with E-state index in [1.54, 1.807) is 0 Å². The van der Waals surface area contributed by atoms with Gasteiger partial charge in [-0.2, -0.15) is 0 Å². The summed E-state index contributed by atoms with van der Waals surface area (Å²) >= 11 is 0. The normalized spacial score (nSPS) is 41.3. The summed E-state index contributed by atoms with van der Waals surface area (Å²) in [5.41, 5.74) is 4.09. The number of nitro groups is 1. The van der Waals surface area contributed by atoms with Crippen LogP contribution in [-0.4, -0.2) is 46.4 Å². The highest BCUT2D eigenvalue weighted by Crippen LogP contribution is 2.68. The van der Waals surface area contributed by atoms with Crippen molar-refractivity contribution in [3.63, 3.8) is 0 Å². The molecule has 0 radical (unpaired) electrons. The summed E-state index contributed by atoms with van der Waals surface area (Å²) in [6.07, 6.45) is 0. The van der Waals surface area contributed by atoms with Crippen molar-refractivity contribution >= 4 is 0 Å². The highest BCUT2D eigenvalue weighted by Gasteiger charge is 2.74. The number of hydrogen-bond acceptors (Lipinski definition) is 4. The van der Waals surface area contributed by atoms with Gasteiger partial charge in [0.05, 0.1) is 6.04 Å². The smallest absolute Gasteiger partial charge is 0.254 e. The van der Waals surface area contributed by atoms with Crippen LogP contribution in [0.1, 0.15) is 53.1 Å². The Labute approximate surface area is 158 Å². The maximum Gasteiger partial charge on any atom is 0.254 e. The molecule has 27 heavy (non-hydrogen) atoms. The molecule has 1 aliphatic carbocycles. The van der Waals surface area contributed by atoms with Crippen molar-refractivity contribution in [1.82, 2.24) is 9.80 Å². The van der Waals surface area contributed by atoms with E-state index in [0.717, 1.165) is 5.56 Å². The standard InChI is InChI=1S/C22H23N3O2/c1-22(25(26)27)20-15-11-7-5-9-13(15)16-18-14-10-6-4-8-12(14)17(19(16)24(20)3)21(22)23(18)2/h4-11,16-21H,1-3H3/t16?,17?,18?,19?,20-,21-,22?/m0/s1. The van der Waals surface area contributed by atoms with Crippen molar-refractivity contribution < 1.29 is 4.92 Å². The molecule has 138 valence electrons. The predicted octanol–water partition coefficient (Wildman–Crippen LogP) is 3.33. The Bertz CT molecular complexity index is 991. The summed E-state index contributed by atoms with van der Waals surface area (Å²) in [5.74, 6) is 0.520. The Morgan fingerprint density at radius 3 is 2.07 bits per heavy atom. The van der Waals surface area contributed by atoms with Gasteiger partial charge in [0.2, 0.25) is 0 Å². The van der Waals surface area contributed by atoms with E-state index in [1.165, 1.54) is 16.7 Å². The lowest BCUT2D eigenvalue weighted by atomic mass is 9.50. The fraction of sp³-hybridized carbons (Fsp3) is 0.455. The van der Waals surface area contributed by atoms with Crippen LogP contribution in [0.2, 0.25) is 0 Å². The highest BCUT2D eigenvalue weighted by atomic mass is 16.6. The molecule has 4 aliphatic heterocycles. The molecule has 4 heterocycles. The lowest BCUT2D eigenvalue weighted by molar-refractivity contribution is -0.594. The average molecular weight is 361 g/mol. The molecule has 2 aromatic carbocycles. The van der Waals surface area contributed by atoms with E-state index < -0.39 is 5.54 Å². The lowest BCUT2D eigenvalue weighted by Crippen LogP contribution is -2.78. The average Bonchev–Trinajstić information content (AvgIpc) is 2.66. The number of nitrogens with zero attached hydrogens (tertiary/aromatic N) is 3. The molecule has 7 rings (SSSR count). The van der Waals surface area contributed by atoms with E-state index in [2.05, 4.69) is 66.4 Å². The summed E-state index contributed by atoms with van der Waals surface area (Å²) in [5, 5.41) is 12.6. The van der Waals surface area contributed by atoms with Crippen LogP contribution in [0.25, 0.3) is 0 Å². The summed E-state index contributed by atoms with van der Waals surface area (Å²) in [6.45, 7) is 1.88. The molecular formula is C22H23N3O2. The molecule has 5 nitrogen and oxygen atoms in total. The third-order valence-corrected chi connectivity index (χ3v) is 8.04. The number of benzene rings is 2. The molecule has 0 N–H and O–H groups in total. The second-order valence-corrected chi connectivity index (χ2v) is 8.91. The zero-order valence-electron chi connectivity index (χ0n) is 15.7. The Balaban J connectivity index is 1.76. The van der Waals surface area contributed by atoms with Crippen molar-refractivity contribution in [2.24, 2.45) is 0 Å². The van der Waals surface area contributed by atoms with Gasteiger partial charge in [-0.1, -0.05) is 48.5 Å². The van der Waals surface area contributed by atoms with Crippen LogP contribution >= 0.6 is 0 Å². The highest BCUT2D eigenvalue weighted by molar-refractivity contribution is 5.54. The van der Waals surface area contributed by atoms with Gasteiger partial charge in [0.25, 0.3) is 5.54 Å². The SMILES string of the molecule is CN1C2C3c4ccccc4[C@H]1C(C)([N+](=O)[O-])[C@@H]1C2c2ccccc2C3N1C. The first-order valence-corrected chi connectivity index (χ1v) is 9.74. The first kappa shape index (κ1) is 15.8. The monoisotopic (exact) mass is 361 g/mol. The van der Waals surface area contributed by atoms with Gasteiger partial charge in [0.1, 0.15) is 6.04 Å². The predicted molar refractivity (Wildman–Crippen MR) is 102 cm³/mol. The van der Waals surface area contributed by atoms with Crippen LogP contribution in [0.3, 0.4) is 0 Å². The van der Waals surface area contributed by atoms with Gasteiger partial charge in [-0.25, -0.2) is 0 Å². The number of rotatable bonds is 1. The largest absolute Gasteiger partial charge is 0.289 e. The van der Waals surface area contributed by atoms with Crippen LogP contribution in [0.5, 0.6) is 0 Å². The number of piperidine rings is 2. The maximum absolute atomic E-state index is 12.6. The summed E-state index contributed by atoms with van der Waals surface area (Å²) in [4.78, 5) is 17.3. The number of fused-ring (bicyclic) bond motifs is 3. The lowest BCUT2D eigenvalue weighted by Gasteiger charge is -2.69. The van der Waals surface area contributed by atoms with Crippen molar-refractivity contribution in [2.75, 3.05) is 14.1 Å². The van der Waals surface area contributed by atoms with E-state index in [1.807, 2.05) is 13.0 Å². The third kappa shape index (κ3) is 1.53. The molecule has 0 aromatic heterocycles. The fourth-order valence-corrected chi connectivity index (χ4v) is 7.32. The van der Waals surface area contributed by atoms with Crippen LogP contribution in [-0.2, 0) is 0 Å². The first-order chi connectivity index (χ1) is 13.0. The number of hydrogen-bond donors (Lipinski definition) is 0. The van der Waals surface area contributed by atoms with Crippen molar-refractivity contribution in [1.29, 1.82) is 0 Å². The molecule has 5 heteroatoms. The van der Waals surface area contributed by atoms with Gasteiger partial charge in [0, 0.05) is 35.8 Å². The first-order valence-electron chi connectivity index (χ1n) is 9.74. The molecule has 5 aliphatic rings. The van der Waals surface area contributed by atoms with E-state index in [0.29, 0.717) is 12.0 Å². The third-order valence-electron chi connectivity index (χ3n) is 8.04. The molecule has 7 atom stereocenters. The quantitative estimate of drug-likeness (QED) is 0.577. The van der Waals surface area contributed by atoms with Crippen molar-refractivity contribution in [2.45, 2.75) is 48.5 Å². The second kappa shape index (κ2) is 4.78. The minimum atomic E-state index is -1.06. The molecular weight excluding hydrogens is 338 g/mol. The molecule has 2 fully saturated rings. The maximum atomic E-state index is 12.6. The summed E-state index contributed by atoms with van der Waals surface area (Å²) in [7, 11) is 4.22. The fourth-order valence-electron chi connectivity index (χ4n) is 7.32. The van der Waals surface area contributed by atoms with Crippen molar-refractivity contribution in [3.05, 3.63) is 80.9 Å². The number of likely N-dealkylation sites (N-methyl/N-ethyl adjacent to an activating group) is 2. The molecule has 0 saturated carbocycles. The van der Waals surface area contributed by atoms with E-state index >= 15 is 0 Å². The zero-order valence-corrected chi connectivity index (χ0v) is 15.7. The zero-order chi connectivity index (χ0) is 18.7. The van der Waals surface area contributed by atoms with Crippen LogP contribution < -0.4 is 0 Å². The van der Waals surface area contributed by atoms with Crippen LogP contribution in [0.4, 0.5) is 0 Å². The topological polar surface area (TPSA) is 49.6 Å². The summed E-state index contributed by atoms with van der Waals surface area (Å²) < 4.78 is 0. The Hall–Kier alpha value is -2.24. The molecule has 0 amide bonds. The molecule has 5 bridgehead atoms. The van der Waals surface area contributed by atoms with E-state index in [4.69, 9.17) is 0 Å². The van der Waals surface area contributed by atoms with Crippen LogP contribution in [0.15, 0.2) is 48.5 Å². The Kier molecular flexibility index (Phi) is 2.79. The molecule has 0 spiro atoms. The minimum absolute atomic E-state index is 0.00593. The minimum Gasteiger partial charge on any atom is -0.289 e. The van der Waals surface area contributed by atoms with Gasteiger partial charge in [-0.05, 0) is 36.3 Å². The summed E-state index contributed by atoms with van der Waals surface area (Å²) in [6, 6.07) is 17.3. The van der Waals surface area contributed by atoms with E-state index in [9.17, 15) is 10.1 Å². The molecule has 2 aromatic rings. The Morgan fingerprint density at radius 1 is 0.889 bits per heavy atom.